The molecule has 0 radical (unpaired) electrons. The van der Waals surface area contributed by atoms with Crippen molar-refractivity contribution in [3.63, 3.8) is 0 Å². The van der Waals surface area contributed by atoms with Crippen LogP contribution in [0.5, 0.6) is 0 Å². The highest BCUT2D eigenvalue weighted by molar-refractivity contribution is 5.86. The number of methoxy groups -OCH3 is 1. The molecule has 0 fully saturated rings. The van der Waals surface area contributed by atoms with Crippen molar-refractivity contribution in [2.45, 2.75) is 18.4 Å². The highest BCUT2D eigenvalue weighted by Crippen LogP contribution is 2.42. The molecule has 0 spiro atoms. The van der Waals surface area contributed by atoms with Crippen molar-refractivity contribution in [1.82, 2.24) is 0 Å². The van der Waals surface area contributed by atoms with Gasteiger partial charge < -0.3 is 14.3 Å². The first-order valence-electron chi connectivity index (χ1n) is 6.24. The van der Waals surface area contributed by atoms with E-state index in [9.17, 15) is 14.3 Å². The minimum absolute atomic E-state index is 0.0338. The predicted molar refractivity (Wildman–Crippen MR) is 67.8 cm³/mol. The summed E-state index contributed by atoms with van der Waals surface area (Å²) >= 11 is 0. The van der Waals surface area contributed by atoms with Crippen molar-refractivity contribution in [3.05, 3.63) is 58.8 Å². The molecule has 1 aromatic carbocycles. The van der Waals surface area contributed by atoms with Crippen LogP contribution >= 0.6 is 0 Å². The van der Waals surface area contributed by atoms with Gasteiger partial charge in [0.25, 0.3) is 0 Å². The monoisotopic (exact) mass is 276 g/mol. The van der Waals surface area contributed by atoms with Gasteiger partial charge in [0.05, 0.1) is 7.11 Å². The Morgan fingerprint density at radius 2 is 2.20 bits per heavy atom. The average Bonchev–Trinajstić information content (AvgIpc) is 3.04. The first-order chi connectivity index (χ1) is 9.54. The molecule has 0 bridgehead atoms. The molecule has 3 rings (SSSR count). The summed E-state index contributed by atoms with van der Waals surface area (Å²) in [4.78, 5) is 11.4. The van der Waals surface area contributed by atoms with Crippen LogP contribution in [0, 0.1) is 5.82 Å². The fraction of sp³-hybridized carbons (Fsp3) is 0.267. The van der Waals surface area contributed by atoms with Gasteiger partial charge in [-0.05, 0) is 48.2 Å². The first kappa shape index (κ1) is 12.9. The largest absolute Gasteiger partial charge is 0.463 e. The summed E-state index contributed by atoms with van der Waals surface area (Å²) in [5, 5.41) is 10.8. The number of ether oxygens (including phenoxy) is 1. The van der Waals surface area contributed by atoms with Crippen molar-refractivity contribution >= 4 is 5.97 Å². The zero-order chi connectivity index (χ0) is 14.3. The fourth-order valence-corrected chi connectivity index (χ4v) is 2.65. The average molecular weight is 276 g/mol. The zero-order valence-corrected chi connectivity index (χ0v) is 10.9. The number of esters is 1. The van der Waals surface area contributed by atoms with Crippen LogP contribution in [0.25, 0.3) is 0 Å². The molecule has 0 saturated carbocycles. The maximum absolute atomic E-state index is 13.2. The van der Waals surface area contributed by atoms with E-state index in [4.69, 9.17) is 4.42 Å². The molecule has 5 heteroatoms. The molecule has 1 heterocycles. The van der Waals surface area contributed by atoms with E-state index in [0.29, 0.717) is 18.4 Å². The quantitative estimate of drug-likeness (QED) is 0.856. The maximum atomic E-state index is 13.2. The predicted octanol–water partition coefficient (Wildman–Crippen LogP) is 2.39. The number of hydrogen-bond donors (Lipinski definition) is 1. The number of benzene rings is 1. The number of hydrogen-bond acceptors (Lipinski definition) is 4. The minimum Gasteiger partial charge on any atom is -0.463 e. The number of fused-ring (bicyclic) bond motifs is 1. The molecule has 0 amide bonds. The van der Waals surface area contributed by atoms with Gasteiger partial charge in [0, 0.05) is 0 Å². The fourth-order valence-electron chi connectivity index (χ4n) is 2.65. The van der Waals surface area contributed by atoms with E-state index >= 15 is 0 Å². The lowest BCUT2D eigenvalue weighted by atomic mass is 9.93. The van der Waals surface area contributed by atoms with Gasteiger partial charge in [-0.25, -0.2) is 9.18 Å². The Bertz CT molecular complexity index is 676. The van der Waals surface area contributed by atoms with Crippen LogP contribution in [0.3, 0.4) is 0 Å². The summed E-state index contributed by atoms with van der Waals surface area (Å²) in [6.45, 7) is 0. The molecule has 1 atom stereocenters. The van der Waals surface area contributed by atoms with E-state index in [1.54, 1.807) is 12.1 Å². The molecule has 2 aromatic rings. The van der Waals surface area contributed by atoms with Gasteiger partial charge in [0.1, 0.15) is 17.2 Å². The van der Waals surface area contributed by atoms with Crippen molar-refractivity contribution in [2.24, 2.45) is 0 Å². The lowest BCUT2D eigenvalue weighted by Crippen LogP contribution is -2.23. The number of carbonyl (C=O) groups is 1. The van der Waals surface area contributed by atoms with Crippen LogP contribution in [-0.4, -0.2) is 18.2 Å². The Labute approximate surface area is 114 Å². The Balaban J connectivity index is 2.03. The highest BCUT2D eigenvalue weighted by atomic mass is 19.1. The van der Waals surface area contributed by atoms with E-state index in [-0.39, 0.29) is 17.3 Å². The van der Waals surface area contributed by atoms with Gasteiger partial charge >= 0.3 is 5.97 Å². The standard InChI is InChI=1S/C15H13FO4/c1-19-14(17)12-4-5-13(20-12)15(18)7-6-9-8-10(16)2-3-11(9)15/h2-5,8,18H,6-7H2,1H3. The summed E-state index contributed by atoms with van der Waals surface area (Å²) in [7, 11) is 1.26. The van der Waals surface area contributed by atoms with E-state index in [1.807, 2.05) is 0 Å². The zero-order valence-electron chi connectivity index (χ0n) is 10.9. The molecule has 1 aliphatic rings. The van der Waals surface area contributed by atoms with Gasteiger partial charge in [0.15, 0.2) is 0 Å². The van der Waals surface area contributed by atoms with Gasteiger partial charge in [0.2, 0.25) is 5.76 Å². The SMILES string of the molecule is COC(=O)c1ccc(C2(O)CCc3cc(F)ccc32)o1. The van der Waals surface area contributed by atoms with Crippen LogP contribution in [0.1, 0.15) is 33.9 Å². The molecule has 104 valence electrons. The summed E-state index contributed by atoms with van der Waals surface area (Å²) in [5.74, 6) is -0.630. The smallest absolute Gasteiger partial charge is 0.373 e. The highest BCUT2D eigenvalue weighted by Gasteiger charge is 2.41. The van der Waals surface area contributed by atoms with Crippen LogP contribution in [0.15, 0.2) is 34.7 Å². The van der Waals surface area contributed by atoms with Crippen LogP contribution < -0.4 is 0 Å². The Kier molecular flexibility index (Phi) is 2.87. The second kappa shape index (κ2) is 4.45. The number of halogens is 1. The van der Waals surface area contributed by atoms with Gasteiger partial charge in [-0.15, -0.1) is 0 Å². The molecular weight excluding hydrogens is 263 g/mol. The molecule has 1 aliphatic carbocycles. The number of furan rings is 1. The van der Waals surface area contributed by atoms with E-state index in [1.165, 1.54) is 25.3 Å². The molecule has 0 saturated heterocycles. The molecule has 0 aliphatic heterocycles. The molecule has 4 nitrogen and oxygen atoms in total. The lowest BCUT2D eigenvalue weighted by Gasteiger charge is -2.21. The minimum atomic E-state index is -1.32. The van der Waals surface area contributed by atoms with E-state index in [0.717, 1.165) is 5.56 Å². The number of aliphatic hydroxyl groups is 1. The Morgan fingerprint density at radius 3 is 2.95 bits per heavy atom. The van der Waals surface area contributed by atoms with E-state index in [2.05, 4.69) is 4.74 Å². The van der Waals surface area contributed by atoms with E-state index < -0.39 is 11.6 Å². The van der Waals surface area contributed by atoms with Gasteiger partial charge in [-0.3, -0.25) is 0 Å². The van der Waals surface area contributed by atoms with Crippen molar-refractivity contribution in [3.8, 4) is 0 Å². The molecule has 1 N–H and O–H groups in total. The topological polar surface area (TPSA) is 59.7 Å². The summed E-state index contributed by atoms with van der Waals surface area (Å²) in [6, 6.07) is 7.28. The third-order valence-corrected chi connectivity index (χ3v) is 3.67. The number of carbonyl (C=O) groups excluding carboxylic acids is 1. The Hall–Kier alpha value is -2.14. The lowest BCUT2D eigenvalue weighted by molar-refractivity contribution is 0.0474. The van der Waals surface area contributed by atoms with Crippen LogP contribution in [0.2, 0.25) is 0 Å². The Morgan fingerprint density at radius 1 is 1.40 bits per heavy atom. The second-order valence-electron chi connectivity index (χ2n) is 4.82. The van der Waals surface area contributed by atoms with Crippen LogP contribution in [0.4, 0.5) is 4.39 Å². The summed E-state index contributed by atoms with van der Waals surface area (Å²) in [6.07, 6.45) is 0.942. The maximum Gasteiger partial charge on any atom is 0.373 e. The van der Waals surface area contributed by atoms with Gasteiger partial charge in [-0.1, -0.05) is 6.07 Å². The molecule has 20 heavy (non-hydrogen) atoms. The molecule has 1 unspecified atom stereocenters. The van der Waals surface area contributed by atoms with Crippen molar-refractivity contribution < 1.29 is 23.4 Å². The first-order valence-corrected chi connectivity index (χ1v) is 6.24. The van der Waals surface area contributed by atoms with Crippen molar-refractivity contribution in [2.75, 3.05) is 7.11 Å². The normalized spacial score (nSPS) is 20.8. The third-order valence-electron chi connectivity index (χ3n) is 3.67. The van der Waals surface area contributed by atoms with Crippen molar-refractivity contribution in [1.29, 1.82) is 0 Å². The van der Waals surface area contributed by atoms with Gasteiger partial charge in [-0.2, -0.15) is 0 Å². The molecular formula is C15H13FO4. The summed E-state index contributed by atoms with van der Waals surface area (Å²) < 4.78 is 23.2. The summed E-state index contributed by atoms with van der Waals surface area (Å²) in [5.41, 5.74) is 0.0446. The van der Waals surface area contributed by atoms with Crippen LogP contribution in [-0.2, 0) is 16.8 Å². The second-order valence-corrected chi connectivity index (χ2v) is 4.82. The third kappa shape index (κ3) is 1.82. The molecule has 1 aromatic heterocycles. The number of rotatable bonds is 2. The number of aryl methyl sites for hydroxylation is 1.